The van der Waals surface area contributed by atoms with Crippen LogP contribution in [0.5, 0.6) is 0 Å². The molecule has 0 saturated carbocycles. The Bertz CT molecular complexity index is 832. The van der Waals surface area contributed by atoms with Gasteiger partial charge in [-0.1, -0.05) is 35.9 Å². The van der Waals surface area contributed by atoms with Gasteiger partial charge in [-0.2, -0.15) is 4.31 Å². The fourth-order valence-electron chi connectivity index (χ4n) is 3.07. The lowest BCUT2D eigenvalue weighted by molar-refractivity contribution is -0.126. The second kappa shape index (κ2) is 7.68. The third-order valence-electron chi connectivity index (χ3n) is 4.39. The molecular weight excluding hydrogens is 356 g/mol. The Kier molecular flexibility index (Phi) is 5.56. The fourth-order valence-corrected chi connectivity index (χ4v) is 5.74. The number of amides is 1. The van der Waals surface area contributed by atoms with Gasteiger partial charge < -0.3 is 5.32 Å². The lowest BCUT2D eigenvalue weighted by Crippen LogP contribution is -2.45. The summed E-state index contributed by atoms with van der Waals surface area (Å²) < 4.78 is 27.1. The van der Waals surface area contributed by atoms with Crippen molar-refractivity contribution in [3.05, 3.63) is 52.9 Å². The number of piperidine rings is 1. The van der Waals surface area contributed by atoms with Crippen molar-refractivity contribution in [2.24, 2.45) is 5.92 Å². The maximum Gasteiger partial charge on any atom is 0.252 e. The quantitative estimate of drug-likeness (QED) is 0.870. The molecule has 2 heterocycles. The minimum Gasteiger partial charge on any atom is -0.352 e. The molecule has 1 saturated heterocycles. The van der Waals surface area contributed by atoms with Gasteiger partial charge in [0.1, 0.15) is 4.21 Å². The van der Waals surface area contributed by atoms with E-state index >= 15 is 0 Å². The smallest absolute Gasteiger partial charge is 0.252 e. The van der Waals surface area contributed by atoms with Gasteiger partial charge in [0, 0.05) is 19.6 Å². The van der Waals surface area contributed by atoms with Crippen LogP contribution in [0.3, 0.4) is 0 Å². The van der Waals surface area contributed by atoms with E-state index in [1.807, 2.05) is 31.2 Å². The molecule has 1 atom stereocenters. The molecule has 134 valence electrons. The summed E-state index contributed by atoms with van der Waals surface area (Å²) in [5, 5.41) is 4.70. The first-order chi connectivity index (χ1) is 12.0. The third-order valence-corrected chi connectivity index (χ3v) is 7.63. The van der Waals surface area contributed by atoms with Gasteiger partial charge in [-0.25, -0.2) is 8.42 Å². The molecule has 2 aromatic rings. The largest absolute Gasteiger partial charge is 0.352 e. The monoisotopic (exact) mass is 378 g/mol. The van der Waals surface area contributed by atoms with Crippen LogP contribution in [0.15, 0.2) is 46.0 Å². The standard InChI is InChI=1S/C18H22N2O3S2/c1-14-5-2-6-15(11-14)12-19-18(21)16-7-3-9-20(13-16)25(22,23)17-8-4-10-24-17/h2,4-6,8,10-11,16H,3,7,9,12-13H2,1H3,(H,19,21). The van der Waals surface area contributed by atoms with Crippen LogP contribution in [-0.4, -0.2) is 31.7 Å². The van der Waals surface area contributed by atoms with Crippen molar-refractivity contribution in [1.29, 1.82) is 0 Å². The number of carbonyl (C=O) groups excluding carboxylic acids is 1. The minimum atomic E-state index is -3.49. The molecular formula is C18H22N2O3S2. The summed E-state index contributed by atoms with van der Waals surface area (Å²) >= 11 is 1.21. The molecule has 1 aromatic heterocycles. The van der Waals surface area contributed by atoms with E-state index in [0.29, 0.717) is 23.7 Å². The van der Waals surface area contributed by atoms with Crippen molar-refractivity contribution >= 4 is 27.3 Å². The molecule has 25 heavy (non-hydrogen) atoms. The minimum absolute atomic E-state index is 0.0763. The molecule has 1 aliphatic rings. The number of sulfonamides is 1. The Morgan fingerprint density at radius 3 is 2.88 bits per heavy atom. The highest BCUT2D eigenvalue weighted by atomic mass is 32.2. The molecule has 1 N–H and O–H groups in total. The summed E-state index contributed by atoms with van der Waals surface area (Å²) in [5.41, 5.74) is 2.20. The number of hydrogen-bond donors (Lipinski definition) is 1. The van der Waals surface area contributed by atoms with Gasteiger partial charge in [0.2, 0.25) is 5.91 Å². The second-order valence-electron chi connectivity index (χ2n) is 6.34. The molecule has 7 heteroatoms. The van der Waals surface area contributed by atoms with Crippen molar-refractivity contribution in [3.8, 4) is 0 Å². The molecule has 1 fully saturated rings. The molecule has 0 radical (unpaired) electrons. The van der Waals surface area contributed by atoms with Crippen molar-refractivity contribution in [2.45, 2.75) is 30.5 Å². The van der Waals surface area contributed by atoms with E-state index in [9.17, 15) is 13.2 Å². The van der Waals surface area contributed by atoms with Crippen LogP contribution >= 0.6 is 11.3 Å². The maximum absolute atomic E-state index is 12.6. The summed E-state index contributed by atoms with van der Waals surface area (Å²) in [6.45, 7) is 3.20. The Morgan fingerprint density at radius 1 is 1.32 bits per heavy atom. The summed E-state index contributed by atoms with van der Waals surface area (Å²) in [6.07, 6.45) is 1.42. The van der Waals surface area contributed by atoms with Gasteiger partial charge in [0.05, 0.1) is 5.92 Å². The van der Waals surface area contributed by atoms with Crippen molar-refractivity contribution < 1.29 is 13.2 Å². The predicted octanol–water partition coefficient (Wildman–Crippen LogP) is 2.77. The van der Waals surface area contributed by atoms with Gasteiger partial charge >= 0.3 is 0 Å². The lowest BCUT2D eigenvalue weighted by Gasteiger charge is -2.30. The van der Waals surface area contributed by atoms with Crippen molar-refractivity contribution in [3.63, 3.8) is 0 Å². The van der Waals surface area contributed by atoms with Crippen LogP contribution in [0, 0.1) is 12.8 Å². The molecule has 1 amide bonds. The summed E-state index contributed by atoms with van der Waals surface area (Å²) in [7, 11) is -3.49. The van der Waals surface area contributed by atoms with Gasteiger partial charge in [-0.05, 0) is 36.8 Å². The SMILES string of the molecule is Cc1cccc(CNC(=O)C2CCCN(S(=O)(=O)c3cccs3)C2)c1. The first-order valence-corrected chi connectivity index (χ1v) is 10.7. The summed E-state index contributed by atoms with van der Waals surface area (Å²) in [6, 6.07) is 11.3. The number of thiophene rings is 1. The Morgan fingerprint density at radius 2 is 2.16 bits per heavy atom. The van der Waals surface area contributed by atoms with Crippen LogP contribution in [0.4, 0.5) is 0 Å². The van der Waals surface area contributed by atoms with E-state index in [4.69, 9.17) is 0 Å². The van der Waals surface area contributed by atoms with E-state index in [1.165, 1.54) is 15.6 Å². The molecule has 0 bridgehead atoms. The Balaban J connectivity index is 1.62. The average molecular weight is 379 g/mol. The normalized spacial score (nSPS) is 18.8. The maximum atomic E-state index is 12.6. The Labute approximate surface area is 152 Å². The first kappa shape index (κ1) is 18.1. The molecule has 1 unspecified atom stereocenters. The number of hydrogen-bond acceptors (Lipinski definition) is 4. The van der Waals surface area contributed by atoms with Crippen LogP contribution in [0.25, 0.3) is 0 Å². The van der Waals surface area contributed by atoms with Crippen molar-refractivity contribution in [2.75, 3.05) is 13.1 Å². The van der Waals surface area contributed by atoms with E-state index in [2.05, 4.69) is 5.32 Å². The van der Waals surface area contributed by atoms with Crippen molar-refractivity contribution in [1.82, 2.24) is 9.62 Å². The predicted molar refractivity (Wildman–Crippen MR) is 98.8 cm³/mol. The van der Waals surface area contributed by atoms with Gasteiger partial charge in [0.25, 0.3) is 10.0 Å². The zero-order valence-corrected chi connectivity index (χ0v) is 15.8. The van der Waals surface area contributed by atoms with E-state index in [-0.39, 0.29) is 18.4 Å². The van der Waals surface area contributed by atoms with Crippen LogP contribution in [0.1, 0.15) is 24.0 Å². The second-order valence-corrected chi connectivity index (χ2v) is 9.45. The highest BCUT2D eigenvalue weighted by Gasteiger charge is 2.33. The number of nitrogens with zero attached hydrogens (tertiary/aromatic N) is 1. The lowest BCUT2D eigenvalue weighted by atomic mass is 9.98. The number of nitrogens with one attached hydrogen (secondary N) is 1. The van der Waals surface area contributed by atoms with E-state index in [0.717, 1.165) is 17.5 Å². The highest BCUT2D eigenvalue weighted by molar-refractivity contribution is 7.91. The van der Waals surface area contributed by atoms with E-state index in [1.54, 1.807) is 17.5 Å². The van der Waals surface area contributed by atoms with Crippen LogP contribution in [-0.2, 0) is 21.4 Å². The molecule has 0 spiro atoms. The number of aryl methyl sites for hydroxylation is 1. The zero-order chi connectivity index (χ0) is 17.9. The molecule has 5 nitrogen and oxygen atoms in total. The van der Waals surface area contributed by atoms with Gasteiger partial charge in [0.15, 0.2) is 0 Å². The summed E-state index contributed by atoms with van der Waals surface area (Å²) in [4.78, 5) is 12.5. The zero-order valence-electron chi connectivity index (χ0n) is 14.1. The summed E-state index contributed by atoms with van der Waals surface area (Å²) in [5.74, 6) is -0.374. The highest BCUT2D eigenvalue weighted by Crippen LogP contribution is 2.26. The van der Waals surface area contributed by atoms with Gasteiger partial charge in [-0.3, -0.25) is 4.79 Å². The number of carbonyl (C=O) groups is 1. The number of rotatable bonds is 5. The van der Waals surface area contributed by atoms with E-state index < -0.39 is 10.0 Å². The average Bonchev–Trinajstić information content (AvgIpc) is 3.15. The van der Waals surface area contributed by atoms with Crippen LogP contribution < -0.4 is 5.32 Å². The fraction of sp³-hybridized carbons (Fsp3) is 0.389. The topological polar surface area (TPSA) is 66.5 Å². The van der Waals surface area contributed by atoms with Crippen LogP contribution in [0.2, 0.25) is 0 Å². The molecule has 3 rings (SSSR count). The molecule has 1 aromatic carbocycles. The molecule has 0 aliphatic carbocycles. The van der Waals surface area contributed by atoms with Gasteiger partial charge in [-0.15, -0.1) is 11.3 Å². The Hall–Kier alpha value is -1.70. The number of benzene rings is 1. The molecule has 1 aliphatic heterocycles. The first-order valence-electron chi connectivity index (χ1n) is 8.34. The third kappa shape index (κ3) is 4.29.